The first-order valence-electron chi connectivity index (χ1n) is 11.3. The second kappa shape index (κ2) is 7.85. The van der Waals surface area contributed by atoms with E-state index in [0.717, 1.165) is 52.3 Å². The molecule has 3 aromatic heterocycles. The van der Waals surface area contributed by atoms with Gasteiger partial charge >= 0.3 is 0 Å². The van der Waals surface area contributed by atoms with Crippen LogP contribution in [-0.2, 0) is 15.4 Å². The molecule has 1 aliphatic rings. The van der Waals surface area contributed by atoms with Gasteiger partial charge in [0.2, 0.25) is 0 Å². The number of benzene rings is 2. The summed E-state index contributed by atoms with van der Waals surface area (Å²) in [4.78, 5) is 19.6. The summed E-state index contributed by atoms with van der Waals surface area (Å²) in [6.07, 6.45) is 5.90. The predicted octanol–water partition coefficient (Wildman–Crippen LogP) is 2.75. The number of aromatic amines is 2. The van der Waals surface area contributed by atoms with Crippen molar-refractivity contribution in [1.29, 1.82) is 0 Å². The molecule has 0 unspecified atom stereocenters. The summed E-state index contributed by atoms with van der Waals surface area (Å²) in [5, 5.41) is 7.87. The zero-order valence-corrected chi connectivity index (χ0v) is 19.9. The van der Waals surface area contributed by atoms with E-state index in [9.17, 15) is 8.42 Å². The van der Waals surface area contributed by atoms with Crippen LogP contribution in [0.4, 0.5) is 5.82 Å². The molecule has 0 amide bonds. The van der Waals surface area contributed by atoms with Gasteiger partial charge < -0.3 is 15.6 Å². The Kier molecular flexibility index (Phi) is 4.87. The fraction of sp³-hybridized carbons (Fsp3) is 0.250. The van der Waals surface area contributed by atoms with Gasteiger partial charge in [-0.1, -0.05) is 24.3 Å². The molecule has 1 aliphatic heterocycles. The highest BCUT2D eigenvalue weighted by atomic mass is 32.2. The van der Waals surface area contributed by atoms with E-state index >= 15 is 0 Å². The van der Waals surface area contributed by atoms with E-state index in [4.69, 9.17) is 10.7 Å². The summed E-state index contributed by atoms with van der Waals surface area (Å²) in [5.74, 6) is 1.61. The predicted molar refractivity (Wildman–Crippen MR) is 134 cm³/mol. The van der Waals surface area contributed by atoms with Gasteiger partial charge in [0.25, 0.3) is 0 Å². The van der Waals surface area contributed by atoms with Crippen LogP contribution >= 0.6 is 0 Å². The average Bonchev–Trinajstić information content (AvgIpc) is 3.51. The molecule has 5 aromatic rings. The third-order valence-corrected chi connectivity index (χ3v) is 7.89. The molecule has 4 heterocycles. The Morgan fingerprint density at radius 1 is 1.06 bits per heavy atom. The molecular formula is C24H24N8O2S. The SMILES string of the molecule is CS(=O)(=O)c1ccc(-c2cccc3[nH]c(C4(N)CCN(c5ncnc6[nH]ncc56)CC4)nc23)cc1. The van der Waals surface area contributed by atoms with E-state index < -0.39 is 15.4 Å². The maximum atomic E-state index is 11.8. The maximum Gasteiger partial charge on any atom is 0.175 e. The Balaban J connectivity index is 1.29. The molecule has 0 atom stereocenters. The summed E-state index contributed by atoms with van der Waals surface area (Å²) in [6.45, 7) is 1.45. The highest BCUT2D eigenvalue weighted by Gasteiger charge is 2.36. The first kappa shape index (κ1) is 21.7. The molecule has 1 saturated heterocycles. The molecule has 178 valence electrons. The van der Waals surface area contributed by atoms with E-state index in [-0.39, 0.29) is 0 Å². The Hall–Kier alpha value is -3.83. The Labute approximate surface area is 201 Å². The van der Waals surface area contributed by atoms with Gasteiger partial charge in [-0.05, 0) is 36.6 Å². The zero-order chi connectivity index (χ0) is 24.2. The van der Waals surface area contributed by atoms with Gasteiger partial charge in [0.05, 0.1) is 33.1 Å². The summed E-state index contributed by atoms with van der Waals surface area (Å²) in [5.41, 5.74) is 10.5. The Bertz CT molecular complexity index is 1650. The number of para-hydroxylation sites is 1. The van der Waals surface area contributed by atoms with Gasteiger partial charge in [0.1, 0.15) is 18.0 Å². The lowest BCUT2D eigenvalue weighted by atomic mass is 9.88. The molecule has 35 heavy (non-hydrogen) atoms. The van der Waals surface area contributed by atoms with Crippen LogP contribution in [0.3, 0.4) is 0 Å². The van der Waals surface area contributed by atoms with Crippen molar-refractivity contribution in [3.05, 3.63) is 60.8 Å². The lowest BCUT2D eigenvalue weighted by molar-refractivity contribution is 0.327. The molecule has 10 nitrogen and oxygen atoms in total. The number of imidazole rings is 1. The van der Waals surface area contributed by atoms with Gasteiger partial charge in [0.15, 0.2) is 15.5 Å². The first-order chi connectivity index (χ1) is 16.8. The Morgan fingerprint density at radius 3 is 2.57 bits per heavy atom. The normalized spacial score (nSPS) is 16.2. The number of sulfone groups is 1. The Morgan fingerprint density at radius 2 is 1.83 bits per heavy atom. The van der Waals surface area contributed by atoms with Crippen LogP contribution in [0.15, 0.2) is 59.9 Å². The smallest absolute Gasteiger partial charge is 0.175 e. The molecule has 0 bridgehead atoms. The van der Waals surface area contributed by atoms with Gasteiger partial charge in [-0.3, -0.25) is 5.10 Å². The van der Waals surface area contributed by atoms with Crippen molar-refractivity contribution < 1.29 is 8.42 Å². The van der Waals surface area contributed by atoms with Crippen molar-refractivity contribution >= 4 is 37.7 Å². The van der Waals surface area contributed by atoms with Crippen LogP contribution in [0.5, 0.6) is 0 Å². The molecular weight excluding hydrogens is 464 g/mol. The molecule has 4 N–H and O–H groups in total. The van der Waals surface area contributed by atoms with E-state index in [1.54, 1.807) is 24.7 Å². The minimum atomic E-state index is -3.25. The van der Waals surface area contributed by atoms with Crippen molar-refractivity contribution in [2.75, 3.05) is 24.2 Å². The van der Waals surface area contributed by atoms with E-state index in [1.165, 1.54) is 6.26 Å². The number of fused-ring (bicyclic) bond motifs is 2. The minimum absolute atomic E-state index is 0.292. The molecule has 0 spiro atoms. The lowest BCUT2D eigenvalue weighted by Gasteiger charge is -2.38. The highest BCUT2D eigenvalue weighted by molar-refractivity contribution is 7.90. The molecule has 0 aliphatic carbocycles. The number of piperidine rings is 1. The highest BCUT2D eigenvalue weighted by Crippen LogP contribution is 2.35. The second-order valence-electron chi connectivity index (χ2n) is 9.06. The van der Waals surface area contributed by atoms with Crippen LogP contribution in [0, 0.1) is 0 Å². The average molecular weight is 489 g/mol. The number of H-pyrrole nitrogens is 2. The molecule has 11 heteroatoms. The molecule has 1 fully saturated rings. The first-order valence-corrected chi connectivity index (χ1v) is 13.2. The van der Waals surface area contributed by atoms with Crippen molar-refractivity contribution in [3.63, 3.8) is 0 Å². The summed E-state index contributed by atoms with van der Waals surface area (Å²) in [7, 11) is -3.25. The molecule has 2 aromatic carbocycles. The largest absolute Gasteiger partial charge is 0.356 e. The second-order valence-corrected chi connectivity index (χ2v) is 11.1. The number of nitrogens with one attached hydrogen (secondary N) is 2. The number of nitrogens with two attached hydrogens (primary N) is 1. The van der Waals surface area contributed by atoms with Crippen molar-refractivity contribution in [2.24, 2.45) is 5.73 Å². The summed E-state index contributed by atoms with van der Waals surface area (Å²) >= 11 is 0. The fourth-order valence-electron chi connectivity index (χ4n) is 4.74. The summed E-state index contributed by atoms with van der Waals surface area (Å²) in [6, 6.07) is 12.8. The number of aromatic nitrogens is 6. The van der Waals surface area contributed by atoms with Crippen molar-refractivity contribution in [3.8, 4) is 11.1 Å². The zero-order valence-electron chi connectivity index (χ0n) is 19.1. The van der Waals surface area contributed by atoms with Crippen LogP contribution in [0.1, 0.15) is 18.7 Å². The number of nitrogens with zero attached hydrogens (tertiary/aromatic N) is 5. The van der Waals surface area contributed by atoms with Crippen LogP contribution in [-0.4, -0.2) is 57.9 Å². The van der Waals surface area contributed by atoms with Gasteiger partial charge in [-0.2, -0.15) is 5.10 Å². The third-order valence-electron chi connectivity index (χ3n) is 6.76. The molecule has 0 saturated carbocycles. The minimum Gasteiger partial charge on any atom is -0.356 e. The monoisotopic (exact) mass is 488 g/mol. The molecule has 6 rings (SSSR count). The summed E-state index contributed by atoms with van der Waals surface area (Å²) < 4.78 is 23.6. The number of hydrogen-bond acceptors (Lipinski definition) is 8. The van der Waals surface area contributed by atoms with Crippen LogP contribution in [0.25, 0.3) is 33.2 Å². The van der Waals surface area contributed by atoms with Crippen LogP contribution < -0.4 is 10.6 Å². The standard InChI is InChI=1S/C24H24N8O2S/c1-35(33,34)16-7-5-15(6-8-16)17-3-2-4-19-20(17)30-23(29-19)24(25)9-11-32(12-10-24)22-18-13-28-31-21(18)26-14-27-22/h2-8,13-14H,9-12,25H2,1H3,(H,29,30)(H,26,27,28,31). The quantitative estimate of drug-likeness (QED) is 0.350. The fourth-order valence-corrected chi connectivity index (χ4v) is 5.37. The third kappa shape index (κ3) is 3.72. The van der Waals surface area contributed by atoms with E-state index in [2.05, 4.69) is 30.0 Å². The van der Waals surface area contributed by atoms with Crippen molar-refractivity contribution in [2.45, 2.75) is 23.3 Å². The topological polar surface area (TPSA) is 147 Å². The van der Waals surface area contributed by atoms with E-state index in [0.29, 0.717) is 23.4 Å². The van der Waals surface area contributed by atoms with Crippen LogP contribution in [0.2, 0.25) is 0 Å². The maximum absolute atomic E-state index is 11.8. The number of anilines is 1. The number of rotatable bonds is 4. The van der Waals surface area contributed by atoms with Gasteiger partial charge in [-0.25, -0.2) is 23.4 Å². The van der Waals surface area contributed by atoms with Gasteiger partial charge in [0, 0.05) is 24.9 Å². The molecule has 0 radical (unpaired) electrons. The van der Waals surface area contributed by atoms with E-state index in [1.807, 2.05) is 30.3 Å². The van der Waals surface area contributed by atoms with Gasteiger partial charge in [-0.15, -0.1) is 0 Å². The van der Waals surface area contributed by atoms with Crippen molar-refractivity contribution in [1.82, 2.24) is 30.1 Å². The lowest BCUT2D eigenvalue weighted by Crippen LogP contribution is -2.49. The number of hydrogen-bond donors (Lipinski definition) is 3.